The van der Waals surface area contributed by atoms with Crippen LogP contribution >= 0.6 is 0 Å². The summed E-state index contributed by atoms with van der Waals surface area (Å²) in [5, 5.41) is 7.18. The maximum absolute atomic E-state index is 12.5. The summed E-state index contributed by atoms with van der Waals surface area (Å²) in [6.07, 6.45) is 1.63. The number of hydrogen-bond acceptors (Lipinski definition) is 2. The topological polar surface area (TPSA) is 49.0 Å². The monoisotopic (exact) mass is 299 g/mol. The first-order valence-electron chi connectivity index (χ1n) is 7.78. The van der Waals surface area contributed by atoms with Gasteiger partial charge in [0.25, 0.3) is 0 Å². The summed E-state index contributed by atoms with van der Waals surface area (Å²) in [6.45, 7) is 6.73. The highest BCUT2D eigenvalue weighted by molar-refractivity contribution is 5.78. The van der Waals surface area contributed by atoms with Crippen LogP contribution in [0.4, 0.5) is 0 Å². The fraction of sp³-hybridized carbons (Fsp3) is 0.444. The molecule has 0 radical (unpaired) electrons. The zero-order valence-electron chi connectivity index (χ0n) is 13.9. The molecular weight excluding hydrogens is 274 g/mol. The lowest BCUT2D eigenvalue weighted by Gasteiger charge is -2.21. The minimum absolute atomic E-state index is 0.0317. The van der Waals surface area contributed by atoms with Gasteiger partial charge >= 0.3 is 0 Å². The third kappa shape index (κ3) is 3.97. The van der Waals surface area contributed by atoms with E-state index < -0.39 is 0 Å². The van der Waals surface area contributed by atoms with Crippen molar-refractivity contribution in [3.8, 4) is 0 Å². The number of nitrogens with one attached hydrogen (secondary N) is 1. The van der Waals surface area contributed by atoms with Crippen molar-refractivity contribution in [2.75, 3.05) is 13.6 Å². The second-order valence-electron chi connectivity index (χ2n) is 6.01. The van der Waals surface area contributed by atoms with Gasteiger partial charge in [-0.1, -0.05) is 37.3 Å². The number of carbonyl (C=O) groups is 1. The lowest BCUT2D eigenvalue weighted by Crippen LogP contribution is -2.34. The molecule has 1 atom stereocenters. The molecule has 4 nitrogen and oxygen atoms in total. The molecule has 0 saturated carbocycles. The van der Waals surface area contributed by atoms with E-state index >= 15 is 0 Å². The van der Waals surface area contributed by atoms with E-state index in [0.29, 0.717) is 0 Å². The molecule has 2 aromatic rings. The summed E-state index contributed by atoms with van der Waals surface area (Å²) in [5.41, 5.74) is 4.47. The van der Waals surface area contributed by atoms with Crippen LogP contribution in [-0.4, -0.2) is 34.6 Å². The number of nitrogens with zero attached hydrogens (tertiary/aromatic N) is 2. The van der Waals surface area contributed by atoms with Crippen molar-refractivity contribution in [3.63, 3.8) is 0 Å². The number of hydrogen-bond donors (Lipinski definition) is 1. The van der Waals surface area contributed by atoms with Gasteiger partial charge in [0.05, 0.1) is 5.69 Å². The number of carbonyl (C=O) groups excluding carboxylic acids is 1. The average molecular weight is 299 g/mol. The first kappa shape index (κ1) is 16.3. The predicted octanol–water partition coefficient (Wildman–Crippen LogP) is 2.91. The molecule has 22 heavy (non-hydrogen) atoms. The molecule has 1 amide bonds. The summed E-state index contributed by atoms with van der Waals surface area (Å²) < 4.78 is 0. The van der Waals surface area contributed by atoms with Crippen molar-refractivity contribution in [2.24, 2.45) is 5.92 Å². The molecule has 118 valence electrons. The van der Waals surface area contributed by atoms with E-state index in [2.05, 4.69) is 22.3 Å². The third-order valence-electron chi connectivity index (χ3n) is 4.17. The highest BCUT2D eigenvalue weighted by atomic mass is 16.2. The van der Waals surface area contributed by atoms with Crippen molar-refractivity contribution < 1.29 is 4.79 Å². The highest BCUT2D eigenvalue weighted by Gasteiger charge is 2.20. The molecule has 0 aliphatic rings. The normalized spacial score (nSPS) is 12.2. The Morgan fingerprint density at radius 1 is 1.27 bits per heavy atom. The molecule has 1 aromatic heterocycles. The van der Waals surface area contributed by atoms with Crippen molar-refractivity contribution >= 4 is 5.91 Å². The Hall–Kier alpha value is -2.10. The van der Waals surface area contributed by atoms with Gasteiger partial charge in [0, 0.05) is 25.2 Å². The van der Waals surface area contributed by atoms with Crippen LogP contribution in [0.15, 0.2) is 30.3 Å². The van der Waals surface area contributed by atoms with Gasteiger partial charge in [0.2, 0.25) is 5.91 Å². The van der Waals surface area contributed by atoms with E-state index in [4.69, 9.17) is 0 Å². The molecule has 0 aliphatic carbocycles. The number of aryl methyl sites for hydroxylation is 2. The number of amides is 1. The second kappa shape index (κ2) is 7.25. The largest absolute Gasteiger partial charge is 0.345 e. The van der Waals surface area contributed by atoms with Gasteiger partial charge in [0.15, 0.2) is 0 Å². The summed E-state index contributed by atoms with van der Waals surface area (Å²) in [6, 6.07) is 10.3. The molecule has 0 spiro atoms. The maximum atomic E-state index is 12.5. The highest BCUT2D eigenvalue weighted by Crippen LogP contribution is 2.16. The van der Waals surface area contributed by atoms with Crippen LogP contribution in [0.5, 0.6) is 0 Å². The molecule has 4 heteroatoms. The smallest absolute Gasteiger partial charge is 0.225 e. The van der Waals surface area contributed by atoms with E-state index in [-0.39, 0.29) is 11.8 Å². The van der Waals surface area contributed by atoms with E-state index in [0.717, 1.165) is 36.3 Å². The molecule has 1 heterocycles. The Balaban J connectivity index is 1.89. The van der Waals surface area contributed by atoms with Crippen LogP contribution in [0.3, 0.4) is 0 Å². The Labute approximate surface area is 132 Å². The Kier molecular flexibility index (Phi) is 5.36. The number of aromatic nitrogens is 2. The van der Waals surface area contributed by atoms with Crippen LogP contribution in [0.1, 0.15) is 29.4 Å². The second-order valence-corrected chi connectivity index (χ2v) is 6.01. The van der Waals surface area contributed by atoms with Gasteiger partial charge in [-0.3, -0.25) is 9.89 Å². The third-order valence-corrected chi connectivity index (χ3v) is 4.17. The van der Waals surface area contributed by atoms with Crippen LogP contribution in [0.2, 0.25) is 0 Å². The molecule has 0 aliphatic heterocycles. The van der Waals surface area contributed by atoms with E-state index in [1.165, 1.54) is 5.56 Å². The summed E-state index contributed by atoms with van der Waals surface area (Å²) in [5.74, 6) is 0.159. The van der Waals surface area contributed by atoms with E-state index in [9.17, 15) is 4.79 Å². The zero-order valence-corrected chi connectivity index (χ0v) is 13.9. The molecule has 0 fully saturated rings. The molecule has 0 saturated heterocycles. The first-order chi connectivity index (χ1) is 10.5. The van der Waals surface area contributed by atoms with Gasteiger partial charge in [-0.05, 0) is 37.8 Å². The zero-order chi connectivity index (χ0) is 16.1. The molecular formula is C18H25N3O. The van der Waals surface area contributed by atoms with Crippen molar-refractivity contribution in [1.82, 2.24) is 15.1 Å². The van der Waals surface area contributed by atoms with Crippen molar-refractivity contribution in [2.45, 2.75) is 33.6 Å². The van der Waals surface area contributed by atoms with Crippen LogP contribution < -0.4 is 0 Å². The minimum atomic E-state index is -0.0317. The number of aromatic amines is 1. The van der Waals surface area contributed by atoms with Crippen LogP contribution in [0, 0.1) is 19.8 Å². The fourth-order valence-electron chi connectivity index (χ4n) is 2.70. The number of rotatable bonds is 6. The van der Waals surface area contributed by atoms with E-state index in [1.54, 1.807) is 0 Å². The molecule has 0 bridgehead atoms. The summed E-state index contributed by atoms with van der Waals surface area (Å²) in [7, 11) is 1.89. The average Bonchev–Trinajstić information content (AvgIpc) is 2.84. The van der Waals surface area contributed by atoms with Gasteiger partial charge in [0.1, 0.15) is 0 Å². The van der Waals surface area contributed by atoms with Gasteiger partial charge in [-0.25, -0.2) is 0 Å². The summed E-state index contributed by atoms with van der Waals surface area (Å²) >= 11 is 0. The molecule has 1 N–H and O–H groups in total. The van der Waals surface area contributed by atoms with Gasteiger partial charge in [-0.2, -0.15) is 5.10 Å². The van der Waals surface area contributed by atoms with Crippen LogP contribution in [-0.2, 0) is 17.6 Å². The maximum Gasteiger partial charge on any atom is 0.225 e. The predicted molar refractivity (Wildman–Crippen MR) is 88.7 cm³/mol. The lowest BCUT2D eigenvalue weighted by atomic mass is 9.98. The standard InChI is InChI=1S/C18H25N3O/c1-13(12-17-14(2)19-20-15(17)3)18(22)21(4)11-10-16-8-6-5-7-9-16/h5-9,13H,10-12H2,1-4H3,(H,19,20)/t13-/m0/s1. The van der Waals surface area contributed by atoms with E-state index in [1.807, 2.05) is 50.9 Å². The Morgan fingerprint density at radius 3 is 2.55 bits per heavy atom. The Bertz CT molecular complexity index is 599. The SMILES string of the molecule is Cc1n[nH]c(C)c1C[C@H](C)C(=O)N(C)CCc1ccccc1. The first-order valence-corrected chi connectivity index (χ1v) is 7.78. The molecule has 2 rings (SSSR count). The quantitative estimate of drug-likeness (QED) is 0.891. The van der Waals surface area contributed by atoms with Gasteiger partial charge < -0.3 is 4.90 Å². The fourth-order valence-corrected chi connectivity index (χ4v) is 2.70. The van der Waals surface area contributed by atoms with Crippen molar-refractivity contribution in [3.05, 3.63) is 52.8 Å². The lowest BCUT2D eigenvalue weighted by molar-refractivity contribution is -0.133. The molecule has 1 aromatic carbocycles. The number of benzene rings is 1. The summed E-state index contributed by atoms with van der Waals surface area (Å²) in [4.78, 5) is 14.3. The van der Waals surface area contributed by atoms with Crippen LogP contribution in [0.25, 0.3) is 0 Å². The van der Waals surface area contributed by atoms with Crippen molar-refractivity contribution in [1.29, 1.82) is 0 Å². The van der Waals surface area contributed by atoms with Gasteiger partial charge in [-0.15, -0.1) is 0 Å². The number of H-pyrrole nitrogens is 1. The minimum Gasteiger partial charge on any atom is -0.345 e. The molecule has 0 unspecified atom stereocenters. The number of likely N-dealkylation sites (N-methyl/N-ethyl adjacent to an activating group) is 1. The Morgan fingerprint density at radius 2 is 1.95 bits per heavy atom.